The third-order valence-corrected chi connectivity index (χ3v) is 0.129. The number of hydrogen-bond donors (Lipinski definition) is 2. The molecule has 4 heteroatoms. The van der Waals surface area contributed by atoms with Crippen molar-refractivity contribution in [2.24, 2.45) is 0 Å². The van der Waals surface area contributed by atoms with Crippen LogP contribution in [0.15, 0.2) is 0 Å². The fraction of sp³-hybridized carbons (Fsp3) is 0.750. The maximum absolute atomic E-state index is 9.34. The van der Waals surface area contributed by atoms with Gasteiger partial charge >= 0.3 is 5.97 Å². The fourth-order valence-corrected chi connectivity index (χ4v) is 0. The summed E-state index contributed by atoms with van der Waals surface area (Å²) in [6.07, 6.45) is 0. The van der Waals surface area contributed by atoms with Crippen LogP contribution in [0.4, 0.5) is 0 Å². The van der Waals surface area contributed by atoms with Gasteiger partial charge in [-0.05, 0) is 14.1 Å². The zero-order valence-electron chi connectivity index (χ0n) is 5.26. The second-order valence-electron chi connectivity index (χ2n) is 1.08. The van der Waals surface area contributed by atoms with Crippen LogP contribution in [0.3, 0.4) is 0 Å². The minimum atomic E-state index is -0.690. The maximum atomic E-state index is 9.34. The second kappa shape index (κ2) is 9.63. The standard InChI is InChI=1S/C2H7N.C2H4O3/c1-3-2;1-2(3)5-4/h3H,1-2H3;4H,1H3. The van der Waals surface area contributed by atoms with Gasteiger partial charge in [-0.25, -0.2) is 4.79 Å². The van der Waals surface area contributed by atoms with E-state index in [1.54, 1.807) is 0 Å². The molecule has 0 fully saturated rings. The Kier molecular flexibility index (Phi) is 12.5. The molecule has 0 atom stereocenters. The summed E-state index contributed by atoms with van der Waals surface area (Å²) in [6.45, 7) is 1.11. The van der Waals surface area contributed by atoms with Gasteiger partial charge in [0.05, 0.1) is 0 Å². The molecule has 0 aliphatic carbocycles. The predicted molar refractivity (Wildman–Crippen MR) is 29.4 cm³/mol. The first-order valence-corrected chi connectivity index (χ1v) is 2.09. The summed E-state index contributed by atoms with van der Waals surface area (Å²) in [4.78, 5) is 12.5. The highest BCUT2D eigenvalue weighted by Gasteiger charge is 1.79. The van der Waals surface area contributed by atoms with Crippen molar-refractivity contribution in [3.63, 3.8) is 0 Å². The van der Waals surface area contributed by atoms with Crippen LogP contribution in [0, 0.1) is 0 Å². The lowest BCUT2D eigenvalue weighted by Crippen LogP contribution is -1.89. The number of carbonyl (C=O) groups excluding carboxylic acids is 1. The van der Waals surface area contributed by atoms with Crippen molar-refractivity contribution in [1.82, 2.24) is 5.32 Å². The lowest BCUT2D eigenvalue weighted by molar-refractivity contribution is -0.231. The normalized spacial score (nSPS) is 6.50. The SMILES string of the molecule is CC(=O)OO.CNC. The zero-order valence-corrected chi connectivity index (χ0v) is 5.26. The van der Waals surface area contributed by atoms with E-state index in [0.29, 0.717) is 0 Å². The van der Waals surface area contributed by atoms with E-state index in [2.05, 4.69) is 10.2 Å². The number of nitrogens with one attached hydrogen (secondary N) is 1. The Morgan fingerprint density at radius 2 is 1.75 bits per heavy atom. The average Bonchev–Trinajstić information content (AvgIpc) is 1.69. The molecule has 0 saturated carbocycles. The molecule has 2 N–H and O–H groups in total. The van der Waals surface area contributed by atoms with Gasteiger partial charge in [0.1, 0.15) is 0 Å². The Bertz CT molecular complexity index is 55.2. The summed E-state index contributed by atoms with van der Waals surface area (Å²) in [6, 6.07) is 0. The van der Waals surface area contributed by atoms with Gasteiger partial charge in [-0.3, -0.25) is 0 Å². The molecule has 0 aromatic heterocycles. The molecule has 8 heavy (non-hydrogen) atoms. The molecule has 0 bridgehead atoms. The summed E-state index contributed by atoms with van der Waals surface area (Å²) >= 11 is 0. The fourth-order valence-electron chi connectivity index (χ4n) is 0. The van der Waals surface area contributed by atoms with E-state index in [1.807, 2.05) is 14.1 Å². The lowest BCUT2D eigenvalue weighted by atomic mass is 10.9. The minimum absolute atomic E-state index is 0.690. The van der Waals surface area contributed by atoms with Crippen LogP contribution < -0.4 is 5.32 Å². The Morgan fingerprint density at radius 1 is 1.62 bits per heavy atom. The van der Waals surface area contributed by atoms with E-state index < -0.39 is 5.97 Å². The predicted octanol–water partition coefficient (Wildman–Crippen LogP) is -0.142. The molecule has 0 aromatic rings. The van der Waals surface area contributed by atoms with Crippen LogP contribution in [0.2, 0.25) is 0 Å². The summed E-state index contributed by atoms with van der Waals surface area (Å²) in [5.74, 6) is -0.690. The highest BCUT2D eigenvalue weighted by molar-refractivity contribution is 5.64. The van der Waals surface area contributed by atoms with Gasteiger partial charge < -0.3 is 10.2 Å². The van der Waals surface area contributed by atoms with Crippen molar-refractivity contribution in [3.8, 4) is 0 Å². The largest absolute Gasteiger partial charge is 0.339 e. The minimum Gasteiger partial charge on any atom is -0.323 e. The first-order chi connectivity index (χ1) is 3.68. The molecule has 0 radical (unpaired) electrons. The highest BCUT2D eigenvalue weighted by Crippen LogP contribution is 1.59. The van der Waals surface area contributed by atoms with Gasteiger partial charge in [-0.15, -0.1) is 0 Å². The molecule has 0 saturated heterocycles. The Balaban J connectivity index is 0. The Hall–Kier alpha value is -0.610. The summed E-state index contributed by atoms with van der Waals surface area (Å²) in [7, 11) is 3.75. The van der Waals surface area contributed by atoms with Gasteiger partial charge in [0, 0.05) is 6.92 Å². The average molecular weight is 121 g/mol. The molecule has 0 spiro atoms. The molecular formula is C4H11NO3. The van der Waals surface area contributed by atoms with Gasteiger partial charge in [-0.2, -0.15) is 5.26 Å². The van der Waals surface area contributed by atoms with E-state index in [1.165, 1.54) is 0 Å². The molecule has 0 heterocycles. The van der Waals surface area contributed by atoms with Crippen molar-refractivity contribution in [1.29, 1.82) is 0 Å². The summed E-state index contributed by atoms with van der Waals surface area (Å²) < 4.78 is 0. The molecule has 0 aliphatic rings. The van der Waals surface area contributed by atoms with Crippen LogP contribution in [0.5, 0.6) is 0 Å². The van der Waals surface area contributed by atoms with Crippen LogP contribution in [0.25, 0.3) is 0 Å². The number of hydrogen-bond acceptors (Lipinski definition) is 4. The van der Waals surface area contributed by atoms with E-state index in [-0.39, 0.29) is 0 Å². The molecule has 0 rings (SSSR count). The smallest absolute Gasteiger partial charge is 0.323 e. The van der Waals surface area contributed by atoms with Crippen LogP contribution >= 0.6 is 0 Å². The number of rotatable bonds is 0. The van der Waals surface area contributed by atoms with Crippen LogP contribution in [-0.2, 0) is 9.68 Å². The first-order valence-electron chi connectivity index (χ1n) is 2.09. The van der Waals surface area contributed by atoms with Crippen LogP contribution in [-0.4, -0.2) is 25.3 Å². The third kappa shape index (κ3) is 53.8. The van der Waals surface area contributed by atoms with Crippen molar-refractivity contribution < 1.29 is 14.9 Å². The monoisotopic (exact) mass is 121 g/mol. The van der Waals surface area contributed by atoms with E-state index in [4.69, 9.17) is 5.26 Å². The van der Waals surface area contributed by atoms with Gasteiger partial charge in [0.15, 0.2) is 0 Å². The van der Waals surface area contributed by atoms with Crippen molar-refractivity contribution in [3.05, 3.63) is 0 Å². The van der Waals surface area contributed by atoms with E-state index >= 15 is 0 Å². The van der Waals surface area contributed by atoms with E-state index in [9.17, 15) is 4.79 Å². The van der Waals surface area contributed by atoms with Gasteiger partial charge in [0.2, 0.25) is 0 Å². The molecular weight excluding hydrogens is 110 g/mol. The summed E-state index contributed by atoms with van der Waals surface area (Å²) in [5.41, 5.74) is 0. The maximum Gasteiger partial charge on any atom is 0.339 e. The van der Waals surface area contributed by atoms with Crippen molar-refractivity contribution in [2.75, 3.05) is 14.1 Å². The Morgan fingerprint density at radius 3 is 1.75 bits per heavy atom. The van der Waals surface area contributed by atoms with Gasteiger partial charge in [-0.1, -0.05) is 0 Å². The number of carbonyl (C=O) groups is 1. The van der Waals surface area contributed by atoms with Crippen molar-refractivity contribution >= 4 is 5.97 Å². The highest BCUT2D eigenvalue weighted by atomic mass is 17.1. The molecule has 50 valence electrons. The van der Waals surface area contributed by atoms with E-state index in [0.717, 1.165) is 6.92 Å². The van der Waals surface area contributed by atoms with Crippen LogP contribution in [0.1, 0.15) is 6.92 Å². The second-order valence-corrected chi connectivity index (χ2v) is 1.08. The molecule has 0 aliphatic heterocycles. The topological polar surface area (TPSA) is 58.6 Å². The third-order valence-electron chi connectivity index (χ3n) is 0.129. The molecule has 0 amide bonds. The quantitative estimate of drug-likeness (QED) is 0.346. The molecule has 0 unspecified atom stereocenters. The zero-order chi connectivity index (χ0) is 6.99. The molecule has 4 nitrogen and oxygen atoms in total. The summed E-state index contributed by atoms with van der Waals surface area (Å²) in [5, 5.41) is 10.0. The van der Waals surface area contributed by atoms with Gasteiger partial charge in [0.25, 0.3) is 0 Å². The Labute approximate surface area is 48.4 Å². The lowest BCUT2D eigenvalue weighted by Gasteiger charge is -1.76. The molecule has 0 aromatic carbocycles. The first kappa shape index (κ1) is 10.4. The van der Waals surface area contributed by atoms with Crippen molar-refractivity contribution in [2.45, 2.75) is 6.92 Å².